The first kappa shape index (κ1) is 25.3. The van der Waals surface area contributed by atoms with Gasteiger partial charge in [-0.1, -0.05) is 45.0 Å². The molecule has 2 aliphatic rings. The molecule has 1 aromatic heterocycles. The van der Waals surface area contributed by atoms with E-state index in [4.69, 9.17) is 14.2 Å². The number of rotatable bonds is 10. The molecule has 1 heterocycles. The number of nitrogens with one attached hydrogen (secondary N) is 1. The smallest absolute Gasteiger partial charge is 0.263 e. The van der Waals surface area contributed by atoms with Gasteiger partial charge in [-0.2, -0.15) is 4.98 Å². The van der Waals surface area contributed by atoms with Crippen molar-refractivity contribution in [2.24, 2.45) is 5.92 Å². The van der Waals surface area contributed by atoms with Gasteiger partial charge < -0.3 is 14.2 Å². The quantitative estimate of drug-likeness (QED) is 0.346. The third kappa shape index (κ3) is 5.98. The van der Waals surface area contributed by atoms with Crippen LogP contribution in [0.5, 0.6) is 23.1 Å². The Balaban J connectivity index is 1.55. The zero-order valence-electron chi connectivity index (χ0n) is 21.7. The SMILES string of the molecule is COc1ccccc1Oc1c(NS(=O)(=O)c2ccc(C(C)(C)C)cc2)nc(C2CC2)nc1OCC1CC1. The molecule has 37 heavy (non-hydrogen) atoms. The molecule has 0 radical (unpaired) electrons. The van der Waals surface area contributed by atoms with Crippen LogP contribution in [0.3, 0.4) is 0 Å². The van der Waals surface area contributed by atoms with Crippen LogP contribution in [0, 0.1) is 5.92 Å². The van der Waals surface area contributed by atoms with Gasteiger partial charge in [0.2, 0.25) is 5.75 Å². The number of hydrogen-bond donors (Lipinski definition) is 1. The molecule has 0 spiro atoms. The van der Waals surface area contributed by atoms with Gasteiger partial charge in [0, 0.05) is 5.92 Å². The normalized spacial score (nSPS) is 15.8. The van der Waals surface area contributed by atoms with Crippen LogP contribution in [0.25, 0.3) is 0 Å². The van der Waals surface area contributed by atoms with E-state index in [1.807, 2.05) is 24.3 Å². The summed E-state index contributed by atoms with van der Waals surface area (Å²) in [4.78, 5) is 9.40. The molecule has 1 N–H and O–H groups in total. The van der Waals surface area contributed by atoms with Crippen LogP contribution in [0.15, 0.2) is 53.4 Å². The van der Waals surface area contributed by atoms with Gasteiger partial charge in [-0.25, -0.2) is 13.4 Å². The number of para-hydroxylation sites is 2. The second-order valence-corrected chi connectivity index (χ2v) is 12.4. The van der Waals surface area contributed by atoms with Crippen LogP contribution in [-0.2, 0) is 15.4 Å². The molecule has 9 heteroatoms. The molecule has 0 bridgehead atoms. The van der Waals surface area contributed by atoms with Crippen molar-refractivity contribution in [2.75, 3.05) is 18.4 Å². The number of hydrogen-bond acceptors (Lipinski definition) is 7. The second-order valence-electron chi connectivity index (χ2n) is 10.7. The molecule has 2 aliphatic carbocycles. The number of aromatic nitrogens is 2. The number of nitrogens with zero attached hydrogens (tertiary/aromatic N) is 2. The zero-order valence-corrected chi connectivity index (χ0v) is 22.5. The summed E-state index contributed by atoms with van der Waals surface area (Å²) in [5.41, 5.74) is 0.950. The first-order valence-electron chi connectivity index (χ1n) is 12.6. The Bertz CT molecular complexity index is 1380. The molecular weight excluding hydrogens is 490 g/mol. The number of benzene rings is 2. The fraction of sp³-hybridized carbons (Fsp3) is 0.429. The highest BCUT2D eigenvalue weighted by Crippen LogP contribution is 2.45. The lowest BCUT2D eigenvalue weighted by molar-refractivity contribution is 0.272. The summed E-state index contributed by atoms with van der Waals surface area (Å²) in [7, 11) is -2.42. The topological polar surface area (TPSA) is 99.6 Å². The summed E-state index contributed by atoms with van der Waals surface area (Å²) in [6, 6.07) is 14.0. The van der Waals surface area contributed by atoms with Crippen LogP contribution in [-0.4, -0.2) is 32.1 Å². The third-order valence-electron chi connectivity index (χ3n) is 6.49. The fourth-order valence-electron chi connectivity index (χ4n) is 3.84. The molecule has 5 rings (SSSR count). The molecular formula is C28H33N3O5S. The lowest BCUT2D eigenvalue weighted by Crippen LogP contribution is -2.17. The van der Waals surface area contributed by atoms with E-state index < -0.39 is 10.0 Å². The van der Waals surface area contributed by atoms with Crippen LogP contribution < -0.4 is 18.9 Å². The minimum Gasteiger partial charge on any atom is -0.493 e. The van der Waals surface area contributed by atoms with Crippen molar-refractivity contribution >= 4 is 15.8 Å². The highest BCUT2D eigenvalue weighted by atomic mass is 32.2. The number of anilines is 1. The molecule has 8 nitrogen and oxygen atoms in total. The molecule has 2 saturated carbocycles. The van der Waals surface area contributed by atoms with Gasteiger partial charge in [-0.15, -0.1) is 0 Å². The highest BCUT2D eigenvalue weighted by Gasteiger charge is 2.32. The molecule has 0 aliphatic heterocycles. The highest BCUT2D eigenvalue weighted by molar-refractivity contribution is 7.92. The molecule has 3 aromatic rings. The minimum atomic E-state index is -3.97. The standard InChI is InChI=1S/C28H33N3O5S/c1-28(2,3)20-13-15-21(16-14-20)37(32,33)31-26-24(36-23-8-6-5-7-22(23)34-4)27(35-17-18-9-10-18)30-25(29-26)19-11-12-19/h5-8,13-16,18-19H,9-12,17H2,1-4H3,(H,29,30,31). The first-order valence-corrected chi connectivity index (χ1v) is 14.1. The average molecular weight is 524 g/mol. The molecule has 0 amide bonds. The van der Waals surface area contributed by atoms with Crippen molar-refractivity contribution in [1.82, 2.24) is 9.97 Å². The fourth-order valence-corrected chi connectivity index (χ4v) is 4.85. The maximum Gasteiger partial charge on any atom is 0.263 e. The zero-order chi connectivity index (χ0) is 26.2. The maximum absolute atomic E-state index is 13.5. The van der Waals surface area contributed by atoms with E-state index in [0.717, 1.165) is 31.2 Å². The van der Waals surface area contributed by atoms with E-state index >= 15 is 0 Å². The molecule has 0 atom stereocenters. The van der Waals surface area contributed by atoms with Crippen molar-refractivity contribution in [3.05, 3.63) is 59.9 Å². The van der Waals surface area contributed by atoms with Crippen LogP contribution in [0.1, 0.15) is 63.8 Å². The summed E-state index contributed by atoms with van der Waals surface area (Å²) in [5, 5.41) is 0. The van der Waals surface area contributed by atoms with E-state index in [1.54, 1.807) is 31.4 Å². The Morgan fingerprint density at radius 3 is 2.22 bits per heavy atom. The third-order valence-corrected chi connectivity index (χ3v) is 7.84. The van der Waals surface area contributed by atoms with Crippen molar-refractivity contribution in [3.8, 4) is 23.1 Å². The van der Waals surface area contributed by atoms with E-state index in [-0.39, 0.29) is 33.7 Å². The van der Waals surface area contributed by atoms with Gasteiger partial charge in [0.25, 0.3) is 15.9 Å². The summed E-state index contributed by atoms with van der Waals surface area (Å²) >= 11 is 0. The van der Waals surface area contributed by atoms with E-state index in [1.165, 1.54) is 0 Å². The van der Waals surface area contributed by atoms with Gasteiger partial charge >= 0.3 is 0 Å². The van der Waals surface area contributed by atoms with Gasteiger partial charge in [-0.3, -0.25) is 4.72 Å². The lowest BCUT2D eigenvalue weighted by atomic mass is 9.87. The van der Waals surface area contributed by atoms with E-state index in [9.17, 15) is 8.42 Å². The number of sulfonamides is 1. The first-order chi connectivity index (χ1) is 17.6. The van der Waals surface area contributed by atoms with Crippen LogP contribution in [0.4, 0.5) is 5.82 Å². The minimum absolute atomic E-state index is 0.0495. The van der Waals surface area contributed by atoms with Gasteiger partial charge in [-0.05, 0) is 66.8 Å². The van der Waals surface area contributed by atoms with Gasteiger partial charge in [0.1, 0.15) is 5.82 Å². The molecule has 2 aromatic carbocycles. The number of methoxy groups -OCH3 is 1. The summed E-state index contributed by atoms with van der Waals surface area (Å²) in [5.74, 6) is 2.50. The maximum atomic E-state index is 13.5. The van der Waals surface area contributed by atoms with E-state index in [0.29, 0.717) is 29.8 Å². The predicted octanol–water partition coefficient (Wildman–Crippen LogP) is 6.04. The van der Waals surface area contributed by atoms with Crippen LogP contribution in [0.2, 0.25) is 0 Å². The average Bonchev–Trinajstić information content (AvgIpc) is 3.78. The van der Waals surface area contributed by atoms with E-state index in [2.05, 4.69) is 35.5 Å². The predicted molar refractivity (Wildman–Crippen MR) is 141 cm³/mol. The second kappa shape index (κ2) is 9.85. The molecule has 2 fully saturated rings. The van der Waals surface area contributed by atoms with Gasteiger partial charge in [0.05, 0.1) is 18.6 Å². The van der Waals surface area contributed by atoms with Crippen molar-refractivity contribution in [2.45, 2.75) is 62.7 Å². The van der Waals surface area contributed by atoms with Gasteiger partial charge in [0.15, 0.2) is 17.3 Å². The summed E-state index contributed by atoms with van der Waals surface area (Å²) in [6.45, 7) is 6.74. The Morgan fingerprint density at radius 2 is 1.62 bits per heavy atom. The van der Waals surface area contributed by atoms with Crippen molar-refractivity contribution < 1.29 is 22.6 Å². The Kier molecular flexibility index (Phi) is 6.74. The van der Waals surface area contributed by atoms with Crippen molar-refractivity contribution in [1.29, 1.82) is 0 Å². The Morgan fingerprint density at radius 1 is 0.946 bits per heavy atom. The Labute approximate surface area is 218 Å². The summed E-state index contributed by atoms with van der Waals surface area (Å²) in [6.07, 6.45) is 4.12. The largest absolute Gasteiger partial charge is 0.493 e. The molecule has 0 saturated heterocycles. The Hall–Kier alpha value is -3.33. The lowest BCUT2D eigenvalue weighted by Gasteiger charge is -2.20. The molecule has 0 unspecified atom stereocenters. The van der Waals surface area contributed by atoms with Crippen LogP contribution >= 0.6 is 0 Å². The molecule has 196 valence electrons. The van der Waals surface area contributed by atoms with Crippen molar-refractivity contribution in [3.63, 3.8) is 0 Å². The summed E-state index contributed by atoms with van der Waals surface area (Å²) < 4.78 is 47.4. The number of ether oxygens (including phenoxy) is 3. The monoisotopic (exact) mass is 523 g/mol.